The third-order valence-electron chi connectivity index (χ3n) is 4.28. The van der Waals surface area contributed by atoms with E-state index >= 15 is 0 Å². The number of methoxy groups -OCH3 is 1. The van der Waals surface area contributed by atoms with E-state index in [1.54, 1.807) is 19.2 Å². The summed E-state index contributed by atoms with van der Waals surface area (Å²) in [7, 11) is 1.67. The van der Waals surface area contributed by atoms with Gasteiger partial charge < -0.3 is 10.1 Å². The van der Waals surface area contributed by atoms with Crippen LogP contribution in [0.5, 0.6) is 5.75 Å². The van der Waals surface area contributed by atoms with Crippen LogP contribution in [0.15, 0.2) is 42.5 Å². The number of hydrogen-bond donors (Lipinski definition) is 1. The normalized spacial score (nSPS) is 18.3. The Morgan fingerprint density at radius 1 is 1.19 bits per heavy atom. The number of halogens is 1. The highest BCUT2D eigenvalue weighted by Crippen LogP contribution is 2.34. The minimum Gasteiger partial charge on any atom is -0.497 e. The van der Waals surface area contributed by atoms with Crippen LogP contribution >= 0.6 is 0 Å². The number of benzene rings is 2. The Morgan fingerprint density at radius 2 is 1.95 bits per heavy atom. The van der Waals surface area contributed by atoms with Crippen LogP contribution in [-0.2, 0) is 6.42 Å². The van der Waals surface area contributed by atoms with Crippen molar-refractivity contribution in [1.82, 2.24) is 5.32 Å². The predicted molar refractivity (Wildman–Crippen MR) is 82.0 cm³/mol. The molecule has 0 amide bonds. The maximum Gasteiger partial charge on any atom is 0.126 e. The van der Waals surface area contributed by atoms with Crippen LogP contribution in [0.2, 0.25) is 0 Å². The Morgan fingerprint density at radius 3 is 2.67 bits per heavy atom. The third kappa shape index (κ3) is 2.79. The first-order valence-electron chi connectivity index (χ1n) is 7.36. The number of rotatable bonds is 4. The van der Waals surface area contributed by atoms with E-state index in [0.29, 0.717) is 0 Å². The lowest BCUT2D eigenvalue weighted by Crippen LogP contribution is -2.23. The van der Waals surface area contributed by atoms with Crippen molar-refractivity contribution in [2.24, 2.45) is 0 Å². The molecule has 2 aromatic rings. The third-order valence-corrected chi connectivity index (χ3v) is 4.28. The van der Waals surface area contributed by atoms with E-state index in [2.05, 4.69) is 24.4 Å². The lowest BCUT2D eigenvalue weighted by molar-refractivity contribution is 0.414. The highest BCUT2D eigenvalue weighted by atomic mass is 19.1. The van der Waals surface area contributed by atoms with Crippen LogP contribution in [0.1, 0.15) is 42.1 Å². The van der Waals surface area contributed by atoms with Gasteiger partial charge in [0.1, 0.15) is 11.6 Å². The van der Waals surface area contributed by atoms with Crippen molar-refractivity contribution < 1.29 is 9.13 Å². The van der Waals surface area contributed by atoms with E-state index in [1.807, 2.05) is 18.2 Å². The number of ether oxygens (including phenoxy) is 1. The summed E-state index contributed by atoms with van der Waals surface area (Å²) in [6.07, 6.45) is 1.77. The van der Waals surface area contributed by atoms with Gasteiger partial charge in [-0.1, -0.05) is 24.3 Å². The average Bonchev–Trinajstić information content (AvgIpc) is 2.92. The van der Waals surface area contributed by atoms with Crippen LogP contribution in [-0.4, -0.2) is 7.11 Å². The lowest BCUT2D eigenvalue weighted by atomic mass is 10.0. The van der Waals surface area contributed by atoms with Crippen LogP contribution in [0, 0.1) is 5.82 Å². The Kier molecular flexibility index (Phi) is 3.93. The summed E-state index contributed by atoms with van der Waals surface area (Å²) in [6, 6.07) is 13.9. The van der Waals surface area contributed by atoms with Gasteiger partial charge in [0.05, 0.1) is 7.11 Å². The molecule has 3 heteroatoms. The monoisotopic (exact) mass is 285 g/mol. The van der Waals surface area contributed by atoms with Crippen LogP contribution < -0.4 is 10.1 Å². The first kappa shape index (κ1) is 14.1. The summed E-state index contributed by atoms with van der Waals surface area (Å²) in [5.74, 6) is 0.785. The fraction of sp³-hybridized carbons (Fsp3) is 0.333. The molecule has 0 heterocycles. The second-order valence-corrected chi connectivity index (χ2v) is 5.56. The minimum absolute atomic E-state index is 0.0751. The molecule has 2 aromatic carbocycles. The molecule has 1 aliphatic rings. The summed E-state index contributed by atoms with van der Waals surface area (Å²) in [4.78, 5) is 0. The van der Waals surface area contributed by atoms with Crippen molar-refractivity contribution in [3.63, 3.8) is 0 Å². The molecule has 0 fully saturated rings. The molecule has 0 bridgehead atoms. The van der Waals surface area contributed by atoms with Crippen molar-refractivity contribution in [1.29, 1.82) is 0 Å². The number of nitrogens with one attached hydrogen (secondary N) is 1. The number of hydrogen-bond acceptors (Lipinski definition) is 2. The quantitative estimate of drug-likeness (QED) is 0.910. The second kappa shape index (κ2) is 5.86. The highest BCUT2D eigenvalue weighted by Gasteiger charge is 2.25. The molecule has 0 aromatic heterocycles. The van der Waals surface area contributed by atoms with Crippen molar-refractivity contribution in [2.75, 3.05) is 7.11 Å². The predicted octanol–water partition coefficient (Wildman–Crippen LogP) is 4.17. The first-order valence-corrected chi connectivity index (χ1v) is 7.36. The summed E-state index contributed by atoms with van der Waals surface area (Å²) in [6.45, 7) is 2.14. The molecule has 0 spiro atoms. The molecule has 110 valence electrons. The fourth-order valence-electron chi connectivity index (χ4n) is 3.07. The van der Waals surface area contributed by atoms with Crippen LogP contribution in [0.25, 0.3) is 0 Å². The fourth-order valence-corrected chi connectivity index (χ4v) is 3.07. The van der Waals surface area contributed by atoms with Crippen LogP contribution in [0.3, 0.4) is 0 Å². The van der Waals surface area contributed by atoms with Gasteiger partial charge in [-0.15, -0.1) is 0 Å². The molecule has 0 saturated heterocycles. The number of fused-ring (bicyclic) bond motifs is 1. The zero-order valence-corrected chi connectivity index (χ0v) is 12.4. The smallest absolute Gasteiger partial charge is 0.126 e. The molecular weight excluding hydrogens is 265 g/mol. The molecule has 21 heavy (non-hydrogen) atoms. The summed E-state index contributed by atoms with van der Waals surface area (Å²) in [5.41, 5.74) is 3.19. The molecule has 2 nitrogen and oxygen atoms in total. The maximum absolute atomic E-state index is 13.8. The molecule has 1 N–H and O–H groups in total. The Labute approximate surface area is 125 Å². The Hall–Kier alpha value is -1.87. The molecule has 0 aliphatic heterocycles. The topological polar surface area (TPSA) is 21.3 Å². The summed E-state index contributed by atoms with van der Waals surface area (Å²) < 4.78 is 18.9. The maximum atomic E-state index is 13.8. The SMILES string of the molecule is COc1ccc(C(C)NC2CCc3c(F)cccc32)cc1. The van der Waals surface area contributed by atoms with Gasteiger partial charge in [0, 0.05) is 12.1 Å². The van der Waals surface area contributed by atoms with Gasteiger partial charge in [-0.2, -0.15) is 0 Å². The van der Waals surface area contributed by atoms with Crippen molar-refractivity contribution in [3.05, 3.63) is 65.0 Å². The molecule has 0 radical (unpaired) electrons. The lowest BCUT2D eigenvalue weighted by Gasteiger charge is -2.21. The van der Waals surface area contributed by atoms with Gasteiger partial charge >= 0.3 is 0 Å². The standard InChI is InChI=1S/C18H20FNO/c1-12(13-6-8-14(21-2)9-7-13)20-18-11-10-15-16(18)4-3-5-17(15)19/h3-9,12,18,20H,10-11H2,1-2H3. The average molecular weight is 285 g/mol. The molecule has 2 atom stereocenters. The molecule has 3 rings (SSSR count). The van der Waals surface area contributed by atoms with E-state index in [4.69, 9.17) is 4.74 Å². The van der Waals surface area contributed by atoms with Gasteiger partial charge in [-0.3, -0.25) is 0 Å². The van der Waals surface area contributed by atoms with Crippen molar-refractivity contribution in [2.45, 2.75) is 31.8 Å². The van der Waals surface area contributed by atoms with E-state index < -0.39 is 0 Å². The Balaban J connectivity index is 1.74. The molecule has 0 saturated carbocycles. The largest absolute Gasteiger partial charge is 0.497 e. The molecular formula is C18H20FNO. The second-order valence-electron chi connectivity index (χ2n) is 5.56. The Bertz CT molecular complexity index is 624. The van der Waals surface area contributed by atoms with Gasteiger partial charge in [0.25, 0.3) is 0 Å². The van der Waals surface area contributed by atoms with Crippen molar-refractivity contribution in [3.8, 4) is 5.75 Å². The zero-order chi connectivity index (χ0) is 14.8. The highest BCUT2D eigenvalue weighted by molar-refractivity contribution is 5.36. The van der Waals surface area contributed by atoms with Gasteiger partial charge in [-0.25, -0.2) is 4.39 Å². The van der Waals surface area contributed by atoms with E-state index in [-0.39, 0.29) is 17.9 Å². The first-order chi connectivity index (χ1) is 10.2. The van der Waals surface area contributed by atoms with Gasteiger partial charge in [0.15, 0.2) is 0 Å². The van der Waals surface area contributed by atoms with Crippen LogP contribution in [0.4, 0.5) is 4.39 Å². The summed E-state index contributed by atoms with van der Waals surface area (Å²) >= 11 is 0. The van der Waals surface area contributed by atoms with E-state index in [0.717, 1.165) is 29.7 Å². The van der Waals surface area contributed by atoms with Crippen molar-refractivity contribution >= 4 is 0 Å². The zero-order valence-electron chi connectivity index (χ0n) is 12.4. The van der Waals surface area contributed by atoms with Gasteiger partial charge in [-0.05, 0) is 54.7 Å². The van der Waals surface area contributed by atoms with E-state index in [1.165, 1.54) is 5.56 Å². The summed E-state index contributed by atoms with van der Waals surface area (Å²) in [5, 5.41) is 3.61. The van der Waals surface area contributed by atoms with Gasteiger partial charge in [0.2, 0.25) is 0 Å². The molecule has 2 unspecified atom stereocenters. The molecule has 1 aliphatic carbocycles. The van der Waals surface area contributed by atoms with E-state index in [9.17, 15) is 4.39 Å². The minimum atomic E-state index is -0.0751.